The number of carbonyl (C=O) groups is 2. The highest BCUT2D eigenvalue weighted by atomic mass is 16.5. The van der Waals surface area contributed by atoms with Crippen molar-refractivity contribution in [3.05, 3.63) is 35.4 Å². The maximum Gasteiger partial charge on any atom is 0.314 e. The molecule has 1 aliphatic carbocycles. The van der Waals surface area contributed by atoms with Gasteiger partial charge in [-0.3, -0.25) is 9.59 Å². The van der Waals surface area contributed by atoms with Crippen LogP contribution in [-0.4, -0.2) is 23.7 Å². The van der Waals surface area contributed by atoms with E-state index in [9.17, 15) is 14.7 Å². The molecular formula is C18H24O4. The lowest BCUT2D eigenvalue weighted by molar-refractivity contribution is -0.154. The van der Waals surface area contributed by atoms with Gasteiger partial charge in [0.25, 0.3) is 0 Å². The van der Waals surface area contributed by atoms with Gasteiger partial charge in [-0.15, -0.1) is 0 Å². The number of carbonyl (C=O) groups excluding carboxylic acids is 1. The van der Waals surface area contributed by atoms with Crippen LogP contribution in [0.3, 0.4) is 0 Å². The molecule has 1 saturated carbocycles. The average molecular weight is 304 g/mol. The smallest absolute Gasteiger partial charge is 0.314 e. The largest absolute Gasteiger partial charge is 0.481 e. The first-order valence-corrected chi connectivity index (χ1v) is 7.89. The number of carboxylic acid groups (broad SMARTS) is 1. The zero-order valence-corrected chi connectivity index (χ0v) is 13.5. The van der Waals surface area contributed by atoms with Gasteiger partial charge in [0, 0.05) is 6.42 Å². The van der Waals surface area contributed by atoms with E-state index in [0.29, 0.717) is 25.9 Å². The Labute approximate surface area is 131 Å². The van der Waals surface area contributed by atoms with Crippen LogP contribution in [0.1, 0.15) is 57.1 Å². The minimum atomic E-state index is -0.849. The number of rotatable bonds is 6. The molecule has 0 aromatic heterocycles. The van der Waals surface area contributed by atoms with Crippen LogP contribution in [0.15, 0.2) is 24.3 Å². The fourth-order valence-electron chi connectivity index (χ4n) is 3.47. The van der Waals surface area contributed by atoms with E-state index in [2.05, 4.69) is 13.8 Å². The van der Waals surface area contributed by atoms with E-state index < -0.39 is 11.4 Å². The summed E-state index contributed by atoms with van der Waals surface area (Å²) in [6.45, 7) is 6.29. The summed E-state index contributed by atoms with van der Waals surface area (Å²) in [4.78, 5) is 23.5. The minimum Gasteiger partial charge on any atom is -0.481 e. The van der Waals surface area contributed by atoms with E-state index in [1.54, 1.807) is 6.92 Å². The summed E-state index contributed by atoms with van der Waals surface area (Å²) >= 11 is 0. The molecule has 0 aliphatic heterocycles. The Bertz CT molecular complexity index is 556. The van der Waals surface area contributed by atoms with Gasteiger partial charge in [0.2, 0.25) is 0 Å². The highest BCUT2D eigenvalue weighted by Gasteiger charge is 2.53. The molecule has 1 aromatic rings. The number of carboxylic acids is 1. The lowest BCUT2D eigenvalue weighted by Crippen LogP contribution is -2.49. The van der Waals surface area contributed by atoms with Crippen LogP contribution in [0.4, 0.5) is 0 Å². The van der Waals surface area contributed by atoms with Crippen molar-refractivity contribution in [1.82, 2.24) is 0 Å². The predicted molar refractivity (Wildman–Crippen MR) is 83.8 cm³/mol. The van der Waals surface area contributed by atoms with Crippen molar-refractivity contribution in [3.8, 4) is 0 Å². The van der Waals surface area contributed by atoms with Gasteiger partial charge in [0.15, 0.2) is 0 Å². The molecule has 120 valence electrons. The van der Waals surface area contributed by atoms with E-state index in [-0.39, 0.29) is 17.8 Å². The van der Waals surface area contributed by atoms with Gasteiger partial charge in [-0.25, -0.2) is 0 Å². The normalized spacial score (nSPS) is 23.9. The number of aliphatic carboxylic acids is 1. The van der Waals surface area contributed by atoms with Gasteiger partial charge in [-0.2, -0.15) is 0 Å². The summed E-state index contributed by atoms with van der Waals surface area (Å²) in [5.74, 6) is -0.656. The summed E-state index contributed by atoms with van der Waals surface area (Å²) in [5.41, 5.74) is 1.13. The summed E-state index contributed by atoms with van der Waals surface area (Å²) in [7, 11) is 0. The van der Waals surface area contributed by atoms with Crippen LogP contribution in [0, 0.1) is 5.92 Å². The second-order valence-electron chi connectivity index (χ2n) is 6.41. The minimum absolute atomic E-state index is 0.0929. The van der Waals surface area contributed by atoms with Crippen molar-refractivity contribution < 1.29 is 19.4 Å². The van der Waals surface area contributed by atoms with E-state index in [1.165, 1.54) is 0 Å². The summed E-state index contributed by atoms with van der Waals surface area (Å²) < 4.78 is 4.96. The van der Waals surface area contributed by atoms with Crippen LogP contribution in [0.2, 0.25) is 0 Å². The van der Waals surface area contributed by atoms with Crippen molar-refractivity contribution in [2.75, 3.05) is 6.61 Å². The zero-order valence-electron chi connectivity index (χ0n) is 13.5. The third-order valence-corrected chi connectivity index (χ3v) is 4.54. The van der Waals surface area contributed by atoms with Gasteiger partial charge in [-0.05, 0) is 42.7 Å². The first-order valence-electron chi connectivity index (χ1n) is 7.89. The predicted octanol–water partition coefficient (Wildman–Crippen LogP) is 3.50. The van der Waals surface area contributed by atoms with Crippen molar-refractivity contribution in [3.63, 3.8) is 0 Å². The fourth-order valence-corrected chi connectivity index (χ4v) is 3.47. The molecule has 1 aliphatic rings. The van der Waals surface area contributed by atoms with Crippen molar-refractivity contribution in [1.29, 1.82) is 0 Å². The number of benzene rings is 1. The number of esters is 1. The quantitative estimate of drug-likeness (QED) is 0.817. The molecular weight excluding hydrogens is 280 g/mol. The molecule has 0 heterocycles. The van der Waals surface area contributed by atoms with Crippen molar-refractivity contribution in [2.24, 2.45) is 5.92 Å². The maximum atomic E-state index is 11.9. The third-order valence-electron chi connectivity index (χ3n) is 4.54. The summed E-state index contributed by atoms with van der Waals surface area (Å²) in [5, 5.41) is 9.78. The van der Waals surface area contributed by atoms with Gasteiger partial charge >= 0.3 is 11.9 Å². The van der Waals surface area contributed by atoms with Crippen LogP contribution in [0.5, 0.6) is 0 Å². The first kappa shape index (κ1) is 16.5. The second kappa shape index (κ2) is 6.51. The third kappa shape index (κ3) is 3.01. The molecule has 22 heavy (non-hydrogen) atoms. The molecule has 1 fully saturated rings. The van der Waals surface area contributed by atoms with E-state index in [4.69, 9.17) is 4.74 Å². The van der Waals surface area contributed by atoms with E-state index in [0.717, 1.165) is 11.1 Å². The second-order valence-corrected chi connectivity index (χ2v) is 6.41. The molecule has 2 rings (SSSR count). The molecule has 0 amide bonds. The standard InChI is InChI=1S/C18H24O4/c1-4-22-16(19)9-13-10-18(11-13,17(20)21)15-8-6-5-7-14(15)12(2)3/h5-8,12-13H,4,9-11H2,1-3H3,(H,20,21)/t13-,18+. The molecule has 1 N–H and O–H groups in total. The Hall–Kier alpha value is -1.84. The lowest BCUT2D eigenvalue weighted by Gasteiger charge is -2.45. The van der Waals surface area contributed by atoms with Crippen molar-refractivity contribution in [2.45, 2.75) is 51.4 Å². The maximum absolute atomic E-state index is 11.9. The molecule has 0 atom stereocenters. The zero-order chi connectivity index (χ0) is 16.3. The lowest BCUT2D eigenvalue weighted by atomic mass is 9.56. The molecule has 0 bridgehead atoms. The van der Waals surface area contributed by atoms with Crippen LogP contribution in [0.25, 0.3) is 0 Å². The Balaban J connectivity index is 2.20. The molecule has 4 heteroatoms. The van der Waals surface area contributed by atoms with E-state index >= 15 is 0 Å². The summed E-state index contributed by atoms with van der Waals surface area (Å²) in [6.07, 6.45) is 1.32. The van der Waals surface area contributed by atoms with Crippen LogP contribution in [-0.2, 0) is 19.7 Å². The van der Waals surface area contributed by atoms with Crippen LogP contribution < -0.4 is 0 Å². The highest BCUT2D eigenvalue weighted by molar-refractivity contribution is 5.84. The molecule has 0 spiro atoms. The van der Waals surface area contributed by atoms with Gasteiger partial charge in [0.05, 0.1) is 12.0 Å². The van der Waals surface area contributed by atoms with E-state index in [1.807, 2.05) is 24.3 Å². The Morgan fingerprint density at radius 1 is 1.32 bits per heavy atom. The Morgan fingerprint density at radius 2 is 1.95 bits per heavy atom. The summed E-state index contributed by atoms with van der Waals surface area (Å²) in [6, 6.07) is 7.77. The monoisotopic (exact) mass is 304 g/mol. The molecule has 0 saturated heterocycles. The fraction of sp³-hybridized carbons (Fsp3) is 0.556. The molecule has 0 unspecified atom stereocenters. The van der Waals surface area contributed by atoms with Crippen LogP contribution >= 0.6 is 0 Å². The molecule has 1 aromatic carbocycles. The van der Waals surface area contributed by atoms with Crippen molar-refractivity contribution >= 4 is 11.9 Å². The SMILES string of the molecule is CCOC(=O)C[C@H]1C[C@](C(=O)O)(c2ccccc2C(C)C)C1. The topological polar surface area (TPSA) is 63.6 Å². The number of hydrogen-bond acceptors (Lipinski definition) is 3. The highest BCUT2D eigenvalue weighted by Crippen LogP contribution is 2.51. The molecule has 0 radical (unpaired) electrons. The van der Waals surface area contributed by atoms with Gasteiger partial charge in [0.1, 0.15) is 0 Å². The van der Waals surface area contributed by atoms with Gasteiger partial charge in [-0.1, -0.05) is 38.1 Å². The number of ether oxygens (including phenoxy) is 1. The Morgan fingerprint density at radius 3 is 2.50 bits per heavy atom. The number of hydrogen-bond donors (Lipinski definition) is 1. The first-order chi connectivity index (χ1) is 10.4. The average Bonchev–Trinajstić information content (AvgIpc) is 2.42. The Kier molecular flexibility index (Phi) is 4.89. The van der Waals surface area contributed by atoms with Gasteiger partial charge < -0.3 is 9.84 Å². The molecule has 4 nitrogen and oxygen atoms in total.